The van der Waals surface area contributed by atoms with Crippen molar-refractivity contribution in [3.05, 3.63) is 47.3 Å². The Bertz CT molecular complexity index is 928. The number of carboxylic acid groups (broad SMARTS) is 1. The summed E-state index contributed by atoms with van der Waals surface area (Å²) < 4.78 is 1.94. The van der Waals surface area contributed by atoms with Crippen LogP contribution in [0.2, 0.25) is 0 Å². The number of hydrogen-bond donors (Lipinski definition) is 1. The predicted octanol–water partition coefficient (Wildman–Crippen LogP) is 3.97. The molecule has 0 amide bonds. The third-order valence-corrected chi connectivity index (χ3v) is 6.57. The molecule has 5 nitrogen and oxygen atoms in total. The minimum Gasteiger partial charge on any atom is -0.481 e. The lowest BCUT2D eigenvalue weighted by Gasteiger charge is -2.04. The molecule has 0 saturated carbocycles. The molecular formula is C18H17N3O2S2. The van der Waals surface area contributed by atoms with E-state index in [2.05, 4.69) is 41.4 Å². The fraction of sp³-hybridized carbons (Fsp3) is 0.278. The summed E-state index contributed by atoms with van der Waals surface area (Å²) >= 11 is 2.95. The van der Waals surface area contributed by atoms with Gasteiger partial charge in [-0.2, -0.15) is 0 Å². The fourth-order valence-corrected chi connectivity index (χ4v) is 5.24. The topological polar surface area (TPSA) is 68.0 Å². The van der Waals surface area contributed by atoms with E-state index in [4.69, 9.17) is 5.11 Å². The Hall–Kier alpha value is -2.12. The Morgan fingerprint density at radius 3 is 2.80 bits per heavy atom. The van der Waals surface area contributed by atoms with Crippen LogP contribution in [0.4, 0.5) is 0 Å². The quantitative estimate of drug-likeness (QED) is 0.687. The van der Waals surface area contributed by atoms with E-state index in [9.17, 15) is 4.79 Å². The van der Waals surface area contributed by atoms with Crippen molar-refractivity contribution in [2.24, 2.45) is 0 Å². The Balaban J connectivity index is 1.77. The SMILES string of the molecule is Cc1ccc(-c2sc(-n3cnnc3SCC(=O)O)c3c2CCC3)cc1. The van der Waals surface area contributed by atoms with E-state index in [0.29, 0.717) is 5.16 Å². The molecule has 0 fully saturated rings. The van der Waals surface area contributed by atoms with E-state index in [0.717, 1.165) is 24.3 Å². The van der Waals surface area contributed by atoms with Crippen LogP contribution in [0.1, 0.15) is 23.1 Å². The van der Waals surface area contributed by atoms with E-state index in [-0.39, 0.29) is 5.75 Å². The van der Waals surface area contributed by atoms with E-state index < -0.39 is 5.97 Å². The maximum atomic E-state index is 10.9. The van der Waals surface area contributed by atoms with Gasteiger partial charge in [0.05, 0.1) is 5.75 Å². The second kappa shape index (κ2) is 6.65. The number of aromatic nitrogens is 3. The molecule has 0 spiro atoms. The summed E-state index contributed by atoms with van der Waals surface area (Å²) in [7, 11) is 0. The zero-order valence-corrected chi connectivity index (χ0v) is 15.4. The molecular weight excluding hydrogens is 354 g/mol. The van der Waals surface area contributed by atoms with Crippen LogP contribution < -0.4 is 0 Å². The normalized spacial score (nSPS) is 13.2. The average Bonchev–Trinajstić information content (AvgIpc) is 3.30. The van der Waals surface area contributed by atoms with Crippen LogP contribution >= 0.6 is 23.1 Å². The van der Waals surface area contributed by atoms with Crippen LogP contribution in [-0.4, -0.2) is 31.6 Å². The minimum atomic E-state index is -0.851. The largest absolute Gasteiger partial charge is 0.481 e. The van der Waals surface area contributed by atoms with E-state index in [1.54, 1.807) is 17.7 Å². The van der Waals surface area contributed by atoms with E-state index in [1.807, 2.05) is 4.57 Å². The lowest BCUT2D eigenvalue weighted by molar-refractivity contribution is -0.133. The number of aryl methyl sites for hydroxylation is 1. The standard InChI is InChI=1S/C18H17N3O2S2/c1-11-5-7-12(8-6-11)16-13-3-2-4-14(13)17(25-16)21-10-19-20-18(21)24-9-15(22)23/h5-8,10H,2-4,9H2,1H3,(H,22,23). The summed E-state index contributed by atoms with van der Waals surface area (Å²) in [4.78, 5) is 12.2. The van der Waals surface area contributed by atoms with Crippen LogP contribution in [0, 0.1) is 6.92 Å². The molecule has 1 aliphatic rings. The second-order valence-electron chi connectivity index (χ2n) is 6.08. The molecule has 0 bridgehead atoms. The molecule has 0 radical (unpaired) electrons. The molecule has 128 valence electrons. The number of fused-ring (bicyclic) bond motifs is 1. The molecule has 1 N–H and O–H groups in total. The van der Waals surface area contributed by atoms with Gasteiger partial charge in [0.15, 0.2) is 5.16 Å². The lowest BCUT2D eigenvalue weighted by Crippen LogP contribution is -2.01. The highest BCUT2D eigenvalue weighted by Crippen LogP contribution is 2.44. The number of hydrogen-bond acceptors (Lipinski definition) is 5. The van der Waals surface area contributed by atoms with Gasteiger partial charge in [-0.1, -0.05) is 41.6 Å². The Kier molecular flexibility index (Phi) is 4.35. The molecule has 1 aromatic carbocycles. The van der Waals surface area contributed by atoms with Crippen LogP contribution in [0.3, 0.4) is 0 Å². The Morgan fingerprint density at radius 1 is 1.28 bits per heavy atom. The number of carbonyl (C=O) groups is 1. The van der Waals surface area contributed by atoms with Gasteiger partial charge in [0, 0.05) is 4.88 Å². The Labute approximate surface area is 153 Å². The van der Waals surface area contributed by atoms with Gasteiger partial charge in [0.1, 0.15) is 11.3 Å². The number of nitrogens with zero attached hydrogens (tertiary/aromatic N) is 3. The molecule has 3 aromatic rings. The van der Waals surface area contributed by atoms with Crippen molar-refractivity contribution in [3.8, 4) is 15.4 Å². The fourth-order valence-electron chi connectivity index (χ4n) is 3.17. The maximum Gasteiger partial charge on any atom is 0.313 e. The first kappa shape index (κ1) is 16.4. The third kappa shape index (κ3) is 3.09. The van der Waals surface area contributed by atoms with Gasteiger partial charge >= 0.3 is 5.97 Å². The zero-order chi connectivity index (χ0) is 17.4. The van der Waals surface area contributed by atoms with Crippen LogP contribution in [0.15, 0.2) is 35.7 Å². The van der Waals surface area contributed by atoms with Crippen molar-refractivity contribution in [3.63, 3.8) is 0 Å². The number of benzene rings is 1. The number of carboxylic acids is 1. The highest BCUT2D eigenvalue weighted by atomic mass is 32.2. The average molecular weight is 371 g/mol. The molecule has 4 rings (SSSR count). The molecule has 25 heavy (non-hydrogen) atoms. The van der Waals surface area contributed by atoms with Crippen LogP contribution in [-0.2, 0) is 17.6 Å². The van der Waals surface area contributed by atoms with Gasteiger partial charge in [-0.15, -0.1) is 21.5 Å². The molecule has 7 heteroatoms. The molecule has 0 aliphatic heterocycles. The van der Waals surface area contributed by atoms with Crippen molar-refractivity contribution in [1.82, 2.24) is 14.8 Å². The van der Waals surface area contributed by atoms with Gasteiger partial charge in [-0.25, -0.2) is 0 Å². The molecule has 0 atom stereocenters. The zero-order valence-electron chi connectivity index (χ0n) is 13.7. The summed E-state index contributed by atoms with van der Waals surface area (Å²) in [5.41, 5.74) is 5.28. The number of thioether (sulfide) groups is 1. The maximum absolute atomic E-state index is 10.9. The van der Waals surface area contributed by atoms with Crippen molar-refractivity contribution in [2.45, 2.75) is 31.3 Å². The molecule has 1 aliphatic carbocycles. The summed E-state index contributed by atoms with van der Waals surface area (Å²) in [6.07, 6.45) is 4.99. The minimum absolute atomic E-state index is 0.0168. The smallest absolute Gasteiger partial charge is 0.313 e. The number of aliphatic carboxylic acids is 1. The first-order valence-corrected chi connectivity index (χ1v) is 9.90. The van der Waals surface area contributed by atoms with Crippen molar-refractivity contribution < 1.29 is 9.90 Å². The predicted molar refractivity (Wildman–Crippen MR) is 99.8 cm³/mol. The number of rotatable bonds is 5. The van der Waals surface area contributed by atoms with Crippen molar-refractivity contribution in [2.75, 3.05) is 5.75 Å². The monoisotopic (exact) mass is 371 g/mol. The summed E-state index contributed by atoms with van der Waals surface area (Å²) in [6.45, 7) is 2.09. The van der Waals surface area contributed by atoms with Crippen molar-refractivity contribution >= 4 is 29.1 Å². The summed E-state index contributed by atoms with van der Waals surface area (Å²) in [6, 6.07) is 8.64. The van der Waals surface area contributed by atoms with Gasteiger partial charge in [-0.05, 0) is 42.9 Å². The Morgan fingerprint density at radius 2 is 2.04 bits per heavy atom. The van der Waals surface area contributed by atoms with Crippen LogP contribution in [0.5, 0.6) is 0 Å². The number of thiophene rings is 1. The third-order valence-electron chi connectivity index (χ3n) is 4.32. The van der Waals surface area contributed by atoms with Crippen LogP contribution in [0.25, 0.3) is 15.4 Å². The van der Waals surface area contributed by atoms with Crippen molar-refractivity contribution in [1.29, 1.82) is 0 Å². The molecule has 2 heterocycles. The highest BCUT2D eigenvalue weighted by molar-refractivity contribution is 7.99. The molecule has 0 unspecified atom stereocenters. The van der Waals surface area contributed by atoms with E-state index >= 15 is 0 Å². The summed E-state index contributed by atoms with van der Waals surface area (Å²) in [5.74, 6) is -0.867. The first-order chi connectivity index (χ1) is 12.1. The first-order valence-electron chi connectivity index (χ1n) is 8.10. The van der Waals surface area contributed by atoms with Gasteiger partial charge in [0.2, 0.25) is 0 Å². The lowest BCUT2D eigenvalue weighted by atomic mass is 10.1. The molecule has 2 aromatic heterocycles. The van der Waals surface area contributed by atoms with Gasteiger partial charge in [-0.3, -0.25) is 9.36 Å². The van der Waals surface area contributed by atoms with Gasteiger partial charge in [0.25, 0.3) is 0 Å². The second-order valence-corrected chi connectivity index (χ2v) is 8.02. The van der Waals surface area contributed by atoms with Gasteiger partial charge < -0.3 is 5.11 Å². The van der Waals surface area contributed by atoms with E-state index in [1.165, 1.54) is 38.9 Å². The molecule has 0 saturated heterocycles. The highest BCUT2D eigenvalue weighted by Gasteiger charge is 2.25. The summed E-state index contributed by atoms with van der Waals surface area (Å²) in [5, 5.41) is 18.8.